The summed E-state index contributed by atoms with van der Waals surface area (Å²) in [5, 5.41) is 0. The summed E-state index contributed by atoms with van der Waals surface area (Å²) < 4.78 is 8.42. The molecule has 0 saturated heterocycles. The van der Waals surface area contributed by atoms with Crippen molar-refractivity contribution >= 4 is 33.2 Å². The van der Waals surface area contributed by atoms with Gasteiger partial charge in [-0.15, -0.1) is 0 Å². The average molecular weight is 231 g/mol. The number of hydrogen-bond donors (Lipinski definition) is 0. The van der Waals surface area contributed by atoms with Crippen molar-refractivity contribution in [3.05, 3.63) is 0 Å². The molecule has 0 bridgehead atoms. The third-order valence-electron chi connectivity index (χ3n) is 0. The van der Waals surface area contributed by atoms with E-state index in [1.807, 2.05) is 0 Å². The summed E-state index contributed by atoms with van der Waals surface area (Å²) in [5.41, 5.74) is 0. The minimum absolute atomic E-state index is 0. The van der Waals surface area contributed by atoms with Crippen molar-refractivity contribution in [1.82, 2.24) is 0 Å². The van der Waals surface area contributed by atoms with Crippen LogP contribution in [0.2, 0.25) is 0 Å². The molecule has 18 valence electrons. The molecule has 0 aliphatic heterocycles. The van der Waals surface area contributed by atoms with Gasteiger partial charge in [0.25, 0.3) is 0 Å². The van der Waals surface area contributed by atoms with E-state index in [9.17, 15) is 0 Å². The molecule has 0 amide bonds. The Kier molecular flexibility index (Phi) is 180. The van der Waals surface area contributed by atoms with Crippen LogP contribution >= 0.6 is 0 Å². The minimum atomic E-state index is -0.1000. The topological polar surface area (TPSA) is 17.1 Å². The smallest absolute Gasteiger partial charge is 0 e. The standard InChI is InChI=1S/Be.Cd.Mg.O.Zn.4H. The molecule has 0 spiro atoms. The van der Waals surface area contributed by atoms with E-state index in [0.717, 1.165) is 0 Å². The summed E-state index contributed by atoms with van der Waals surface area (Å²) in [6.07, 6.45) is 0. The Labute approximate surface area is 79.9 Å². The first-order valence-corrected chi connectivity index (χ1v) is 1.94. The first kappa shape index (κ1) is 26.7. The van der Waals surface area contributed by atoms with Crippen molar-refractivity contribution in [2.45, 2.75) is 0 Å². The predicted molar refractivity (Wildman–Crippen MR) is 17.8 cm³/mol. The maximum Gasteiger partial charge on any atom is 0 e. The van der Waals surface area contributed by atoms with E-state index in [1.54, 1.807) is 0 Å². The Hall–Kier alpha value is 2.28. The molecule has 5 heteroatoms. The molecule has 0 saturated carbocycles. The first-order valence-electron chi connectivity index (χ1n) is 0.289. The van der Waals surface area contributed by atoms with E-state index < -0.39 is 0 Å². The van der Waals surface area contributed by atoms with Gasteiger partial charge in [-0.1, -0.05) is 0 Å². The first-order chi connectivity index (χ1) is 1.00. The molecule has 0 N–H and O–H groups in total. The van der Waals surface area contributed by atoms with E-state index in [4.69, 9.17) is 2.69 Å². The summed E-state index contributed by atoms with van der Waals surface area (Å²) in [5.74, 6) is 0. The van der Waals surface area contributed by atoms with Crippen LogP contribution in [-0.4, -0.2) is 33.2 Å². The second kappa shape index (κ2) is 33.7. The number of rotatable bonds is 0. The predicted octanol–water partition coefficient (Wildman–Crippen LogP) is -1.96. The van der Waals surface area contributed by atoms with Crippen LogP contribution in [0.5, 0.6) is 0 Å². The van der Waals surface area contributed by atoms with Crippen molar-refractivity contribution in [3.8, 4) is 0 Å². The third kappa shape index (κ3) is 22.1. The van der Waals surface area contributed by atoms with Gasteiger partial charge in [-0.2, -0.15) is 0 Å². The molecule has 0 aliphatic carbocycles. The SMILES string of the molecule is [BeH2].[MgH2].[O]=[Cd].[Zn]. The van der Waals surface area contributed by atoms with Crippen LogP contribution in [0.1, 0.15) is 0 Å². The second-order valence-corrected chi connectivity index (χ2v) is 0. The van der Waals surface area contributed by atoms with E-state index in [0.29, 0.717) is 0 Å². The minimum Gasteiger partial charge on any atom is 0 e. The van der Waals surface area contributed by atoms with Crippen molar-refractivity contribution in [2.75, 3.05) is 0 Å². The molecule has 0 rings (SSSR count). The molecule has 0 aromatic heterocycles. The molecule has 0 fully saturated rings. The maximum atomic E-state index is 8.42. The monoisotopic (exact) mass is 231 g/mol. The van der Waals surface area contributed by atoms with Crippen molar-refractivity contribution in [3.63, 3.8) is 0 Å². The van der Waals surface area contributed by atoms with E-state index in [-0.39, 0.29) is 78.4 Å². The molecule has 0 heterocycles. The van der Waals surface area contributed by atoms with Crippen LogP contribution in [0.4, 0.5) is 0 Å². The van der Waals surface area contributed by atoms with Gasteiger partial charge in [0.1, 0.15) is 0 Å². The van der Waals surface area contributed by atoms with Gasteiger partial charge in [-0.05, 0) is 0 Å². The van der Waals surface area contributed by atoms with E-state index in [1.165, 1.54) is 0 Å². The maximum absolute atomic E-state index is 8.42. The van der Waals surface area contributed by atoms with Crippen molar-refractivity contribution < 1.29 is 47.9 Å². The molecule has 0 aromatic rings. The Morgan fingerprint density at radius 2 is 1.20 bits per heavy atom. The van der Waals surface area contributed by atoms with Crippen LogP contribution in [0.3, 0.4) is 0 Å². The fourth-order valence-corrected chi connectivity index (χ4v) is 0. The fraction of sp³-hybridized carbons (Fsp3) is 0. The summed E-state index contributed by atoms with van der Waals surface area (Å²) >= 11 is -0.1000. The Bertz CT molecular complexity index is 11.6. The quantitative estimate of drug-likeness (QED) is 0.443. The summed E-state index contributed by atoms with van der Waals surface area (Å²) in [6, 6.07) is 0. The molecule has 0 atom stereocenters. The largest absolute Gasteiger partial charge is 0 e. The van der Waals surface area contributed by atoms with Gasteiger partial charge >= 0.3 is 61.6 Å². The van der Waals surface area contributed by atoms with Crippen molar-refractivity contribution in [1.29, 1.82) is 0 Å². The van der Waals surface area contributed by atoms with Crippen LogP contribution in [0, 0.1) is 0 Å². The molecular weight excluding hydrogens is 227 g/mol. The zero-order valence-corrected chi connectivity index (χ0v) is 8.83. The summed E-state index contributed by atoms with van der Waals surface area (Å²) in [6.45, 7) is 0. The van der Waals surface area contributed by atoms with Gasteiger partial charge in [-0.25, -0.2) is 0 Å². The van der Waals surface area contributed by atoms with Gasteiger partial charge < -0.3 is 0 Å². The number of hydrogen-bond acceptors (Lipinski definition) is 1. The molecule has 0 unspecified atom stereocenters. The Morgan fingerprint density at radius 3 is 1.20 bits per heavy atom. The molecular formula is H4BeCdMgOZn. The van der Waals surface area contributed by atoms with Crippen LogP contribution in [-0.2, 0) is 47.9 Å². The van der Waals surface area contributed by atoms with E-state index in [2.05, 4.69) is 0 Å². The zero-order valence-electron chi connectivity index (χ0n) is 1.82. The van der Waals surface area contributed by atoms with E-state index >= 15 is 0 Å². The second-order valence-electron chi connectivity index (χ2n) is 0. The van der Waals surface area contributed by atoms with Crippen molar-refractivity contribution in [2.24, 2.45) is 0 Å². The normalized spacial score (nSPS) is 1.20. The average Bonchev–Trinajstić information content (AvgIpc) is 1.00. The van der Waals surface area contributed by atoms with Crippen LogP contribution in [0.15, 0.2) is 0 Å². The zero-order chi connectivity index (χ0) is 2.00. The molecule has 0 radical (unpaired) electrons. The van der Waals surface area contributed by atoms with Gasteiger partial charge in [0.05, 0.1) is 0 Å². The molecule has 1 nitrogen and oxygen atoms in total. The van der Waals surface area contributed by atoms with Gasteiger partial charge in [0, 0.05) is 19.5 Å². The molecule has 0 aliphatic rings. The summed E-state index contributed by atoms with van der Waals surface area (Å²) in [4.78, 5) is 0. The molecule has 5 heavy (non-hydrogen) atoms. The van der Waals surface area contributed by atoms with Crippen LogP contribution < -0.4 is 0 Å². The van der Waals surface area contributed by atoms with Gasteiger partial charge in [0.15, 0.2) is 0 Å². The Balaban J connectivity index is -0.00000000167. The fourth-order valence-electron chi connectivity index (χ4n) is 0. The summed E-state index contributed by atoms with van der Waals surface area (Å²) in [7, 11) is 0. The molecule has 0 aromatic carbocycles. The third-order valence-corrected chi connectivity index (χ3v) is 0. The van der Waals surface area contributed by atoms with Gasteiger partial charge in [-0.3, -0.25) is 0 Å². The van der Waals surface area contributed by atoms with Crippen LogP contribution in [0.25, 0.3) is 0 Å². The Morgan fingerprint density at radius 1 is 1.20 bits per heavy atom. The van der Waals surface area contributed by atoms with Gasteiger partial charge in [0.2, 0.25) is 0 Å².